The Morgan fingerprint density at radius 1 is 1.46 bits per heavy atom. The third-order valence-electron chi connectivity index (χ3n) is 2.81. The first kappa shape index (κ1) is 11.0. The molecular weight excluding hydrogens is 166 g/mol. The molecule has 0 saturated heterocycles. The van der Waals surface area contributed by atoms with E-state index in [2.05, 4.69) is 6.92 Å². The summed E-state index contributed by atoms with van der Waals surface area (Å²) in [6.45, 7) is 2.91. The fourth-order valence-electron chi connectivity index (χ4n) is 1.83. The summed E-state index contributed by atoms with van der Waals surface area (Å²) in [4.78, 5) is 0. The van der Waals surface area contributed by atoms with Gasteiger partial charge in [0.25, 0.3) is 0 Å². The molecule has 1 saturated carbocycles. The van der Waals surface area contributed by atoms with Crippen LogP contribution in [0, 0.1) is 5.92 Å². The van der Waals surface area contributed by atoms with Gasteiger partial charge in [0.1, 0.15) is 0 Å². The van der Waals surface area contributed by atoms with Gasteiger partial charge in [-0.1, -0.05) is 19.8 Å². The van der Waals surface area contributed by atoms with Gasteiger partial charge < -0.3 is 15.6 Å². The van der Waals surface area contributed by atoms with Crippen LogP contribution in [-0.2, 0) is 4.74 Å². The Hall–Kier alpha value is -0.120. The predicted octanol–water partition coefficient (Wildman–Crippen LogP) is 0.901. The zero-order chi connectivity index (χ0) is 9.68. The lowest BCUT2D eigenvalue weighted by molar-refractivity contribution is -0.0433. The molecule has 1 fully saturated rings. The normalized spacial score (nSPS) is 31.6. The number of aliphatic hydroxyl groups is 1. The first-order chi connectivity index (χ1) is 6.24. The topological polar surface area (TPSA) is 55.5 Å². The Morgan fingerprint density at radius 2 is 2.15 bits per heavy atom. The summed E-state index contributed by atoms with van der Waals surface area (Å²) in [5, 5.41) is 9.22. The minimum atomic E-state index is -0.492. The first-order valence-corrected chi connectivity index (χ1v) is 5.23. The van der Waals surface area contributed by atoms with Gasteiger partial charge in [-0.15, -0.1) is 0 Å². The summed E-state index contributed by atoms with van der Waals surface area (Å²) >= 11 is 0. The van der Waals surface area contributed by atoms with E-state index < -0.39 is 6.10 Å². The fraction of sp³-hybridized carbons (Fsp3) is 1.00. The van der Waals surface area contributed by atoms with E-state index in [-0.39, 0.29) is 0 Å². The van der Waals surface area contributed by atoms with Crippen LogP contribution in [0.25, 0.3) is 0 Å². The van der Waals surface area contributed by atoms with Crippen LogP contribution in [0.2, 0.25) is 0 Å². The summed E-state index contributed by atoms with van der Waals surface area (Å²) < 4.78 is 5.62. The lowest BCUT2D eigenvalue weighted by Crippen LogP contribution is -2.32. The fourth-order valence-corrected chi connectivity index (χ4v) is 1.83. The van der Waals surface area contributed by atoms with Crippen molar-refractivity contribution in [2.75, 3.05) is 13.2 Å². The molecular formula is C10H21NO2. The van der Waals surface area contributed by atoms with Crippen LogP contribution in [0.4, 0.5) is 0 Å². The maximum atomic E-state index is 9.22. The SMILES string of the molecule is CC1CCCCC1OCC(O)CN. The van der Waals surface area contributed by atoms with E-state index in [1.165, 1.54) is 19.3 Å². The highest BCUT2D eigenvalue weighted by Crippen LogP contribution is 2.26. The van der Waals surface area contributed by atoms with E-state index in [4.69, 9.17) is 10.5 Å². The van der Waals surface area contributed by atoms with Crippen molar-refractivity contribution in [3.63, 3.8) is 0 Å². The molecule has 1 rings (SSSR count). The van der Waals surface area contributed by atoms with E-state index in [9.17, 15) is 5.11 Å². The van der Waals surface area contributed by atoms with E-state index >= 15 is 0 Å². The molecule has 0 radical (unpaired) electrons. The molecule has 0 aromatic heterocycles. The van der Waals surface area contributed by atoms with Gasteiger partial charge in [-0.2, -0.15) is 0 Å². The molecule has 78 valence electrons. The smallest absolute Gasteiger partial charge is 0.0895 e. The minimum absolute atomic E-state index is 0.293. The summed E-state index contributed by atoms with van der Waals surface area (Å²) in [5.41, 5.74) is 5.29. The van der Waals surface area contributed by atoms with Crippen LogP contribution in [0.5, 0.6) is 0 Å². The number of nitrogens with two attached hydrogens (primary N) is 1. The summed E-state index contributed by atoms with van der Waals surface area (Å²) in [6, 6.07) is 0. The number of hydrogen-bond acceptors (Lipinski definition) is 3. The molecule has 3 unspecified atom stereocenters. The molecule has 3 heteroatoms. The Morgan fingerprint density at radius 3 is 2.77 bits per heavy atom. The van der Waals surface area contributed by atoms with Crippen molar-refractivity contribution in [2.24, 2.45) is 11.7 Å². The molecule has 0 aliphatic heterocycles. The molecule has 0 heterocycles. The Kier molecular flexibility index (Phi) is 4.70. The number of rotatable bonds is 4. The second-order valence-corrected chi connectivity index (χ2v) is 4.02. The van der Waals surface area contributed by atoms with E-state index in [1.54, 1.807) is 0 Å². The average Bonchev–Trinajstić information content (AvgIpc) is 2.16. The predicted molar refractivity (Wildman–Crippen MR) is 52.4 cm³/mol. The van der Waals surface area contributed by atoms with Gasteiger partial charge >= 0.3 is 0 Å². The van der Waals surface area contributed by atoms with Gasteiger partial charge in [-0.05, 0) is 18.8 Å². The van der Waals surface area contributed by atoms with Crippen LogP contribution < -0.4 is 5.73 Å². The Balaban J connectivity index is 2.18. The molecule has 0 aromatic rings. The highest BCUT2D eigenvalue weighted by molar-refractivity contribution is 4.72. The summed E-state index contributed by atoms with van der Waals surface area (Å²) in [7, 11) is 0. The molecule has 1 aliphatic rings. The number of aliphatic hydroxyl groups excluding tert-OH is 1. The molecule has 0 spiro atoms. The molecule has 3 atom stereocenters. The van der Waals surface area contributed by atoms with Gasteiger partial charge in [0.05, 0.1) is 18.8 Å². The minimum Gasteiger partial charge on any atom is -0.389 e. The monoisotopic (exact) mass is 187 g/mol. The van der Waals surface area contributed by atoms with Crippen LogP contribution in [0.1, 0.15) is 32.6 Å². The van der Waals surface area contributed by atoms with E-state index in [1.807, 2.05) is 0 Å². The van der Waals surface area contributed by atoms with Gasteiger partial charge in [0.2, 0.25) is 0 Å². The number of hydrogen-bond donors (Lipinski definition) is 2. The molecule has 1 aliphatic carbocycles. The second-order valence-electron chi connectivity index (χ2n) is 4.02. The molecule has 0 aromatic carbocycles. The van der Waals surface area contributed by atoms with Crippen molar-refractivity contribution in [2.45, 2.75) is 44.8 Å². The van der Waals surface area contributed by atoms with Crippen molar-refractivity contribution in [3.05, 3.63) is 0 Å². The van der Waals surface area contributed by atoms with Gasteiger partial charge in [-0.3, -0.25) is 0 Å². The zero-order valence-corrected chi connectivity index (χ0v) is 8.41. The van der Waals surface area contributed by atoms with Gasteiger partial charge in [0, 0.05) is 6.54 Å². The van der Waals surface area contributed by atoms with Crippen molar-refractivity contribution >= 4 is 0 Å². The van der Waals surface area contributed by atoms with Gasteiger partial charge in [-0.25, -0.2) is 0 Å². The molecule has 3 nitrogen and oxygen atoms in total. The van der Waals surface area contributed by atoms with Crippen LogP contribution in [0.3, 0.4) is 0 Å². The van der Waals surface area contributed by atoms with E-state index in [0.717, 1.165) is 6.42 Å². The van der Waals surface area contributed by atoms with Gasteiger partial charge in [0.15, 0.2) is 0 Å². The molecule has 3 N–H and O–H groups in total. The average molecular weight is 187 g/mol. The lowest BCUT2D eigenvalue weighted by atomic mass is 9.88. The van der Waals surface area contributed by atoms with Crippen LogP contribution in [-0.4, -0.2) is 30.5 Å². The quantitative estimate of drug-likeness (QED) is 0.687. The second kappa shape index (κ2) is 5.58. The van der Waals surface area contributed by atoms with Crippen molar-refractivity contribution < 1.29 is 9.84 Å². The summed E-state index contributed by atoms with van der Waals surface area (Å²) in [5.74, 6) is 0.638. The standard InChI is InChI=1S/C10H21NO2/c1-8-4-2-3-5-10(8)13-7-9(12)6-11/h8-10,12H,2-7,11H2,1H3. The third kappa shape index (κ3) is 3.63. The maximum Gasteiger partial charge on any atom is 0.0895 e. The maximum absolute atomic E-state index is 9.22. The van der Waals surface area contributed by atoms with Crippen molar-refractivity contribution in [3.8, 4) is 0 Å². The Labute approximate surface area is 80.3 Å². The highest BCUT2D eigenvalue weighted by atomic mass is 16.5. The van der Waals surface area contributed by atoms with E-state index in [0.29, 0.717) is 25.2 Å². The van der Waals surface area contributed by atoms with Crippen molar-refractivity contribution in [1.82, 2.24) is 0 Å². The van der Waals surface area contributed by atoms with Crippen LogP contribution >= 0.6 is 0 Å². The van der Waals surface area contributed by atoms with Crippen molar-refractivity contribution in [1.29, 1.82) is 0 Å². The largest absolute Gasteiger partial charge is 0.389 e. The Bertz CT molecular complexity index is 141. The zero-order valence-electron chi connectivity index (χ0n) is 8.41. The first-order valence-electron chi connectivity index (χ1n) is 5.23. The highest BCUT2D eigenvalue weighted by Gasteiger charge is 2.22. The lowest BCUT2D eigenvalue weighted by Gasteiger charge is -2.29. The molecule has 0 bridgehead atoms. The number of ether oxygens (including phenoxy) is 1. The third-order valence-corrected chi connectivity index (χ3v) is 2.81. The summed E-state index contributed by atoms with van der Waals surface area (Å²) in [6.07, 6.45) is 4.82. The van der Waals surface area contributed by atoms with Crippen LogP contribution in [0.15, 0.2) is 0 Å². The molecule has 13 heavy (non-hydrogen) atoms. The molecule has 0 amide bonds.